The summed E-state index contributed by atoms with van der Waals surface area (Å²) in [6, 6.07) is 6.78. The molecule has 2 fully saturated rings. The van der Waals surface area contributed by atoms with E-state index < -0.39 is 10.2 Å². The van der Waals surface area contributed by atoms with Crippen LogP contribution >= 0.6 is 0 Å². The Bertz CT molecular complexity index is 628. The van der Waals surface area contributed by atoms with Gasteiger partial charge in [-0.1, -0.05) is 12.1 Å². The zero-order valence-electron chi connectivity index (χ0n) is 13.6. The number of ether oxygens (including phenoxy) is 2. The van der Waals surface area contributed by atoms with Crippen molar-refractivity contribution in [3.8, 4) is 5.75 Å². The van der Waals surface area contributed by atoms with Crippen molar-refractivity contribution in [1.29, 1.82) is 0 Å². The zero-order valence-corrected chi connectivity index (χ0v) is 14.4. The van der Waals surface area contributed by atoms with Crippen molar-refractivity contribution < 1.29 is 23.0 Å². The molecule has 7 nitrogen and oxygen atoms in total. The highest BCUT2D eigenvalue weighted by Gasteiger charge is 2.34. The molecule has 0 saturated carbocycles. The Balaban J connectivity index is 1.66. The normalized spacial score (nSPS) is 25.7. The maximum absolute atomic E-state index is 12.5. The first-order valence-electron chi connectivity index (χ1n) is 8.30. The molecule has 2 aliphatic heterocycles. The van der Waals surface area contributed by atoms with E-state index in [0.717, 1.165) is 18.4 Å². The molecule has 0 aliphatic carbocycles. The highest BCUT2D eigenvalue weighted by atomic mass is 32.2. The van der Waals surface area contributed by atoms with E-state index in [4.69, 9.17) is 14.6 Å². The van der Waals surface area contributed by atoms with Crippen LogP contribution in [0.3, 0.4) is 0 Å². The van der Waals surface area contributed by atoms with Crippen LogP contribution in [0, 0.1) is 0 Å². The second-order valence-corrected chi connectivity index (χ2v) is 7.86. The van der Waals surface area contributed by atoms with Crippen molar-refractivity contribution in [2.75, 3.05) is 26.3 Å². The molecule has 2 heterocycles. The minimum Gasteiger partial charge on any atom is -0.486 e. The molecule has 0 amide bonds. The molecular weight excluding hydrogens is 332 g/mol. The number of nitrogens with zero attached hydrogens (tertiary/aromatic N) is 1. The SMILES string of the molecule is O=S(=O)(N[C@@H]1CCOC[C@H]1Oc1ccc(CO)cc1)N1CCCC1. The molecule has 1 aromatic rings. The molecule has 2 N–H and O–H groups in total. The molecule has 134 valence electrons. The molecule has 0 bridgehead atoms. The van der Waals surface area contributed by atoms with E-state index >= 15 is 0 Å². The highest BCUT2D eigenvalue weighted by Crippen LogP contribution is 2.20. The summed E-state index contributed by atoms with van der Waals surface area (Å²) in [5, 5.41) is 9.08. The summed E-state index contributed by atoms with van der Waals surface area (Å²) >= 11 is 0. The Labute approximate surface area is 142 Å². The van der Waals surface area contributed by atoms with Gasteiger partial charge in [0, 0.05) is 19.7 Å². The highest BCUT2D eigenvalue weighted by molar-refractivity contribution is 7.87. The van der Waals surface area contributed by atoms with Gasteiger partial charge in [0.05, 0.1) is 19.3 Å². The average molecular weight is 356 g/mol. The Morgan fingerprint density at radius 2 is 1.96 bits per heavy atom. The number of aliphatic hydroxyl groups excluding tert-OH is 1. The van der Waals surface area contributed by atoms with Crippen LogP contribution in [-0.4, -0.2) is 56.3 Å². The molecule has 2 saturated heterocycles. The standard InChI is InChI=1S/C16H24N2O5S/c19-11-13-3-5-14(6-4-13)23-16-12-22-10-7-15(16)17-24(20,21)18-8-1-2-9-18/h3-6,15-17,19H,1-2,7-12H2/t15-,16-/m1/s1. The van der Waals surface area contributed by atoms with Gasteiger partial charge in [0.1, 0.15) is 11.9 Å². The van der Waals surface area contributed by atoms with E-state index in [2.05, 4.69) is 4.72 Å². The van der Waals surface area contributed by atoms with Crippen LogP contribution in [0.25, 0.3) is 0 Å². The number of benzene rings is 1. The van der Waals surface area contributed by atoms with Crippen molar-refractivity contribution in [3.05, 3.63) is 29.8 Å². The van der Waals surface area contributed by atoms with Gasteiger partial charge in [-0.15, -0.1) is 0 Å². The molecule has 8 heteroatoms. The van der Waals surface area contributed by atoms with E-state index in [1.165, 1.54) is 4.31 Å². The second kappa shape index (κ2) is 7.79. The second-order valence-electron chi connectivity index (χ2n) is 6.16. The lowest BCUT2D eigenvalue weighted by Gasteiger charge is -2.33. The molecule has 0 aromatic heterocycles. The predicted octanol–water partition coefficient (Wildman–Crippen LogP) is 0.645. The number of hydrogen-bond donors (Lipinski definition) is 2. The van der Waals surface area contributed by atoms with Gasteiger partial charge in [0.15, 0.2) is 0 Å². The van der Waals surface area contributed by atoms with Crippen LogP contribution in [0.15, 0.2) is 24.3 Å². The zero-order chi connectivity index (χ0) is 17.0. The molecule has 2 atom stereocenters. The van der Waals surface area contributed by atoms with Gasteiger partial charge < -0.3 is 14.6 Å². The fraction of sp³-hybridized carbons (Fsp3) is 0.625. The first-order valence-corrected chi connectivity index (χ1v) is 9.74. The van der Waals surface area contributed by atoms with E-state index in [-0.39, 0.29) is 18.8 Å². The van der Waals surface area contributed by atoms with Gasteiger partial charge in [0.25, 0.3) is 10.2 Å². The van der Waals surface area contributed by atoms with Gasteiger partial charge in [0.2, 0.25) is 0 Å². The van der Waals surface area contributed by atoms with Gasteiger partial charge in [-0.3, -0.25) is 0 Å². The summed E-state index contributed by atoms with van der Waals surface area (Å²) in [5.74, 6) is 0.632. The number of rotatable bonds is 6. The van der Waals surface area contributed by atoms with Crippen LogP contribution in [0.5, 0.6) is 5.75 Å². The lowest BCUT2D eigenvalue weighted by Crippen LogP contribution is -2.54. The molecule has 1 aromatic carbocycles. The van der Waals surface area contributed by atoms with Crippen molar-refractivity contribution in [3.63, 3.8) is 0 Å². The molecule has 24 heavy (non-hydrogen) atoms. The number of aliphatic hydroxyl groups is 1. The van der Waals surface area contributed by atoms with Gasteiger partial charge >= 0.3 is 0 Å². The third-order valence-electron chi connectivity index (χ3n) is 4.40. The maximum atomic E-state index is 12.5. The van der Waals surface area contributed by atoms with Crippen molar-refractivity contribution in [1.82, 2.24) is 9.03 Å². The summed E-state index contributed by atoms with van der Waals surface area (Å²) in [6.45, 7) is 1.98. The van der Waals surface area contributed by atoms with Gasteiger partial charge in [-0.25, -0.2) is 0 Å². The van der Waals surface area contributed by atoms with E-state index in [1.54, 1.807) is 24.3 Å². The van der Waals surface area contributed by atoms with Crippen molar-refractivity contribution >= 4 is 10.2 Å². The quantitative estimate of drug-likeness (QED) is 0.781. The first-order chi connectivity index (χ1) is 11.6. The largest absolute Gasteiger partial charge is 0.486 e. The molecule has 0 unspecified atom stereocenters. The van der Waals surface area contributed by atoms with Crippen molar-refractivity contribution in [2.24, 2.45) is 0 Å². The molecule has 0 radical (unpaired) electrons. The number of hydrogen-bond acceptors (Lipinski definition) is 5. The van der Waals surface area contributed by atoms with Gasteiger partial charge in [-0.05, 0) is 37.0 Å². The molecular formula is C16H24N2O5S. The third kappa shape index (κ3) is 4.25. The minimum absolute atomic E-state index is 0.0227. The molecule has 3 rings (SSSR count). The van der Waals surface area contributed by atoms with E-state index in [9.17, 15) is 8.42 Å². The van der Waals surface area contributed by atoms with Crippen LogP contribution in [0.4, 0.5) is 0 Å². The summed E-state index contributed by atoms with van der Waals surface area (Å²) in [7, 11) is -3.48. The average Bonchev–Trinajstić information content (AvgIpc) is 3.13. The lowest BCUT2D eigenvalue weighted by atomic mass is 10.1. The van der Waals surface area contributed by atoms with Crippen LogP contribution < -0.4 is 9.46 Å². The fourth-order valence-corrected chi connectivity index (χ4v) is 4.55. The van der Waals surface area contributed by atoms with E-state index in [1.807, 2.05) is 0 Å². The first kappa shape index (κ1) is 17.6. The smallest absolute Gasteiger partial charge is 0.279 e. The van der Waals surface area contributed by atoms with Crippen LogP contribution in [0.1, 0.15) is 24.8 Å². The summed E-state index contributed by atoms with van der Waals surface area (Å²) in [4.78, 5) is 0. The fourth-order valence-electron chi connectivity index (χ4n) is 3.01. The van der Waals surface area contributed by atoms with E-state index in [0.29, 0.717) is 38.5 Å². The summed E-state index contributed by atoms with van der Waals surface area (Å²) in [5.41, 5.74) is 0.800. The lowest BCUT2D eigenvalue weighted by molar-refractivity contribution is -0.00958. The predicted molar refractivity (Wildman–Crippen MR) is 88.9 cm³/mol. The Kier molecular flexibility index (Phi) is 5.72. The summed E-state index contributed by atoms with van der Waals surface area (Å²) < 4.78 is 40.6. The monoisotopic (exact) mass is 356 g/mol. The molecule has 2 aliphatic rings. The minimum atomic E-state index is -3.48. The molecule has 0 spiro atoms. The topological polar surface area (TPSA) is 88.1 Å². The number of nitrogens with one attached hydrogen (secondary N) is 1. The summed E-state index contributed by atoms with van der Waals surface area (Å²) in [6.07, 6.45) is 2.01. The van der Waals surface area contributed by atoms with Crippen LogP contribution in [0.2, 0.25) is 0 Å². The van der Waals surface area contributed by atoms with Crippen LogP contribution in [-0.2, 0) is 21.6 Å². The van der Waals surface area contributed by atoms with Crippen molar-refractivity contribution in [2.45, 2.75) is 38.0 Å². The maximum Gasteiger partial charge on any atom is 0.279 e. The van der Waals surface area contributed by atoms with Gasteiger partial charge in [-0.2, -0.15) is 17.4 Å². The Morgan fingerprint density at radius 1 is 1.25 bits per heavy atom. The third-order valence-corrected chi connectivity index (χ3v) is 6.05. The Hall–Kier alpha value is -1.19. The Morgan fingerprint density at radius 3 is 2.62 bits per heavy atom.